The molecule has 0 atom stereocenters. The Morgan fingerprint density at radius 3 is 2.72 bits per heavy atom. The molecule has 0 aliphatic rings. The van der Waals surface area contributed by atoms with E-state index in [2.05, 4.69) is 26.3 Å². The molecule has 3 aromatic rings. The van der Waals surface area contributed by atoms with Gasteiger partial charge in [0.1, 0.15) is 0 Å². The van der Waals surface area contributed by atoms with Crippen LogP contribution in [0.15, 0.2) is 49.1 Å². The number of amides is 1. The third-order valence-corrected chi connectivity index (χ3v) is 3.55. The van der Waals surface area contributed by atoms with E-state index in [-0.39, 0.29) is 11.4 Å². The van der Waals surface area contributed by atoms with Gasteiger partial charge in [-0.2, -0.15) is 5.26 Å². The van der Waals surface area contributed by atoms with Gasteiger partial charge in [-0.3, -0.25) is 14.8 Å². The summed E-state index contributed by atoms with van der Waals surface area (Å²) < 4.78 is 13.6. The maximum atomic E-state index is 13.6. The van der Waals surface area contributed by atoms with Crippen molar-refractivity contribution in [2.24, 2.45) is 0 Å². The molecule has 3 rings (SSSR count). The summed E-state index contributed by atoms with van der Waals surface area (Å²) in [4.78, 5) is 24.0. The fraction of sp³-hybridized carbons (Fsp3) is 0.0556. The molecule has 0 bridgehead atoms. The summed E-state index contributed by atoms with van der Waals surface area (Å²) in [6.07, 6.45) is 5.17. The van der Waals surface area contributed by atoms with Crippen molar-refractivity contribution < 1.29 is 9.18 Å². The number of nitrogens with zero attached hydrogens (tertiary/aromatic N) is 4. The van der Waals surface area contributed by atoms with Gasteiger partial charge in [0.05, 0.1) is 41.5 Å². The Kier molecular flexibility index (Phi) is 4.44. The number of rotatable bonds is 3. The van der Waals surface area contributed by atoms with Crippen molar-refractivity contribution in [1.82, 2.24) is 15.0 Å². The maximum absolute atomic E-state index is 13.6. The van der Waals surface area contributed by atoms with Crippen LogP contribution in [0.1, 0.15) is 21.5 Å². The smallest absolute Gasteiger partial charge is 0.259 e. The number of carbonyl (C=O) groups is 1. The number of nitrogens with one attached hydrogen (secondary N) is 1. The monoisotopic (exact) mass is 333 g/mol. The van der Waals surface area contributed by atoms with Gasteiger partial charge < -0.3 is 5.32 Å². The van der Waals surface area contributed by atoms with Crippen molar-refractivity contribution in [3.63, 3.8) is 0 Å². The Bertz CT molecular complexity index is 980. The van der Waals surface area contributed by atoms with Crippen LogP contribution >= 0.6 is 0 Å². The van der Waals surface area contributed by atoms with E-state index in [0.717, 1.165) is 17.3 Å². The highest BCUT2D eigenvalue weighted by Crippen LogP contribution is 2.22. The molecule has 1 N–H and O–H groups in total. The highest BCUT2D eigenvalue weighted by atomic mass is 19.1. The van der Waals surface area contributed by atoms with E-state index < -0.39 is 11.7 Å². The quantitative estimate of drug-likeness (QED) is 0.795. The molecule has 0 spiro atoms. The number of nitriles is 1. The highest BCUT2D eigenvalue weighted by molar-refractivity contribution is 6.03. The third-order valence-electron chi connectivity index (χ3n) is 3.55. The Hall–Kier alpha value is -3.66. The average molecular weight is 333 g/mol. The van der Waals surface area contributed by atoms with Crippen LogP contribution in [0.25, 0.3) is 11.3 Å². The molecule has 6 nitrogen and oxygen atoms in total. The third kappa shape index (κ3) is 3.48. The number of anilines is 1. The van der Waals surface area contributed by atoms with E-state index in [0.29, 0.717) is 11.3 Å². The Labute approximate surface area is 143 Å². The number of halogens is 1. The van der Waals surface area contributed by atoms with Gasteiger partial charge in [-0.05, 0) is 30.7 Å². The number of carbonyl (C=O) groups excluding carboxylic acids is 1. The van der Waals surface area contributed by atoms with Gasteiger partial charge in [-0.25, -0.2) is 9.37 Å². The first-order chi connectivity index (χ1) is 12.1. The molecule has 7 heteroatoms. The summed E-state index contributed by atoms with van der Waals surface area (Å²) in [6.45, 7) is 1.90. The molecule has 0 unspecified atom stereocenters. The Morgan fingerprint density at radius 1 is 1.20 bits per heavy atom. The van der Waals surface area contributed by atoms with Gasteiger partial charge in [-0.1, -0.05) is 6.07 Å². The van der Waals surface area contributed by atoms with Crippen molar-refractivity contribution in [2.75, 3.05) is 5.32 Å². The van der Waals surface area contributed by atoms with Crippen LogP contribution in [0.5, 0.6) is 0 Å². The Morgan fingerprint density at radius 2 is 2.04 bits per heavy atom. The van der Waals surface area contributed by atoms with Crippen LogP contribution in [0.2, 0.25) is 0 Å². The SMILES string of the molecule is Cc1ccc(C#N)cc1-c1cnc(NC(=O)c2ccncc2F)cn1. The number of aromatic nitrogens is 3. The first kappa shape index (κ1) is 16.2. The fourth-order valence-electron chi connectivity index (χ4n) is 2.24. The van der Waals surface area contributed by atoms with Crippen molar-refractivity contribution in [2.45, 2.75) is 6.92 Å². The minimum atomic E-state index is -0.714. The van der Waals surface area contributed by atoms with Crippen molar-refractivity contribution >= 4 is 11.7 Å². The maximum Gasteiger partial charge on any atom is 0.259 e. The molecule has 0 aliphatic heterocycles. The summed E-state index contributed by atoms with van der Waals surface area (Å²) in [5, 5.41) is 11.5. The molecule has 25 heavy (non-hydrogen) atoms. The summed E-state index contributed by atoms with van der Waals surface area (Å²) in [5.41, 5.74) is 2.70. The summed E-state index contributed by atoms with van der Waals surface area (Å²) >= 11 is 0. The van der Waals surface area contributed by atoms with Crippen LogP contribution in [-0.2, 0) is 0 Å². The van der Waals surface area contributed by atoms with E-state index in [1.807, 2.05) is 13.0 Å². The highest BCUT2D eigenvalue weighted by Gasteiger charge is 2.13. The molecule has 0 aliphatic carbocycles. The standard InChI is InChI=1S/C18H12FN5O/c1-11-2-3-12(7-20)6-14(11)16-9-23-17(10-22-16)24-18(25)13-4-5-21-8-15(13)19/h2-6,8-10H,1H3,(H,23,24,25). The minimum absolute atomic E-state index is 0.126. The first-order valence-corrected chi connectivity index (χ1v) is 7.32. The van der Waals surface area contributed by atoms with E-state index >= 15 is 0 Å². The molecule has 122 valence electrons. The van der Waals surface area contributed by atoms with Crippen molar-refractivity contribution in [3.05, 3.63) is 71.6 Å². The van der Waals surface area contributed by atoms with E-state index in [1.54, 1.807) is 12.1 Å². The van der Waals surface area contributed by atoms with E-state index in [4.69, 9.17) is 5.26 Å². The average Bonchev–Trinajstić information content (AvgIpc) is 2.63. The molecule has 0 radical (unpaired) electrons. The Balaban J connectivity index is 1.83. The van der Waals surface area contributed by atoms with Crippen molar-refractivity contribution in [3.8, 4) is 17.3 Å². The van der Waals surface area contributed by atoms with Gasteiger partial charge in [0.25, 0.3) is 5.91 Å². The number of hydrogen-bond acceptors (Lipinski definition) is 5. The predicted molar refractivity (Wildman–Crippen MR) is 89.1 cm³/mol. The van der Waals surface area contributed by atoms with E-state index in [1.165, 1.54) is 24.7 Å². The molecule has 0 fully saturated rings. The number of benzene rings is 1. The topological polar surface area (TPSA) is 91.6 Å². The predicted octanol–water partition coefficient (Wildman–Crippen LogP) is 3.11. The van der Waals surface area contributed by atoms with Crippen LogP contribution in [0.4, 0.5) is 10.2 Å². The summed E-state index contributed by atoms with van der Waals surface area (Å²) in [6, 6.07) is 8.64. The molecule has 1 aromatic carbocycles. The number of aryl methyl sites for hydroxylation is 1. The fourth-order valence-corrected chi connectivity index (χ4v) is 2.24. The van der Waals surface area contributed by atoms with Gasteiger partial charge in [-0.15, -0.1) is 0 Å². The lowest BCUT2D eigenvalue weighted by atomic mass is 10.0. The minimum Gasteiger partial charge on any atom is -0.305 e. The van der Waals surface area contributed by atoms with Gasteiger partial charge in [0.15, 0.2) is 11.6 Å². The summed E-state index contributed by atoms with van der Waals surface area (Å²) in [7, 11) is 0. The lowest BCUT2D eigenvalue weighted by Crippen LogP contribution is -2.15. The van der Waals surface area contributed by atoms with Crippen LogP contribution in [0.3, 0.4) is 0 Å². The number of pyridine rings is 1. The van der Waals surface area contributed by atoms with Crippen molar-refractivity contribution in [1.29, 1.82) is 5.26 Å². The number of hydrogen-bond donors (Lipinski definition) is 1. The largest absolute Gasteiger partial charge is 0.305 e. The lowest BCUT2D eigenvalue weighted by molar-refractivity contribution is 0.102. The van der Waals surface area contributed by atoms with Crippen LogP contribution in [0, 0.1) is 24.1 Å². The molecular formula is C18H12FN5O. The zero-order valence-corrected chi connectivity index (χ0v) is 13.2. The molecule has 1 amide bonds. The van der Waals surface area contributed by atoms with Gasteiger partial charge in [0.2, 0.25) is 0 Å². The lowest BCUT2D eigenvalue weighted by Gasteiger charge is -2.08. The second-order valence-corrected chi connectivity index (χ2v) is 5.24. The van der Waals surface area contributed by atoms with Gasteiger partial charge in [0, 0.05) is 11.8 Å². The second kappa shape index (κ2) is 6.84. The molecule has 0 saturated heterocycles. The normalized spacial score (nSPS) is 10.1. The molecule has 2 heterocycles. The first-order valence-electron chi connectivity index (χ1n) is 7.32. The van der Waals surface area contributed by atoms with Crippen LogP contribution in [-0.4, -0.2) is 20.9 Å². The molecular weight excluding hydrogens is 321 g/mol. The van der Waals surface area contributed by atoms with Crippen LogP contribution < -0.4 is 5.32 Å². The van der Waals surface area contributed by atoms with E-state index in [9.17, 15) is 9.18 Å². The zero-order chi connectivity index (χ0) is 17.8. The molecule has 2 aromatic heterocycles. The molecule has 0 saturated carbocycles. The van der Waals surface area contributed by atoms with Gasteiger partial charge >= 0.3 is 0 Å². The summed E-state index contributed by atoms with van der Waals surface area (Å²) in [5.74, 6) is -1.16. The second-order valence-electron chi connectivity index (χ2n) is 5.24. The zero-order valence-electron chi connectivity index (χ0n) is 13.2.